The molecule has 0 spiro atoms. The molecule has 0 radical (unpaired) electrons. The molecule has 0 saturated carbocycles. The number of carbonyl (C=O) groups excluding carboxylic acids is 1. The van der Waals surface area contributed by atoms with Crippen molar-refractivity contribution in [1.82, 2.24) is 5.32 Å². The fraction of sp³-hybridized carbons (Fsp3) is 0.533. The molecule has 106 valence electrons. The minimum Gasteiger partial charge on any atom is -0.356 e. The molecule has 1 aromatic rings. The van der Waals surface area contributed by atoms with E-state index >= 15 is 0 Å². The van der Waals surface area contributed by atoms with Crippen LogP contribution in [0, 0.1) is 3.57 Å². The van der Waals surface area contributed by atoms with Gasteiger partial charge >= 0.3 is 0 Å². The Balaban J connectivity index is 2.07. The predicted octanol–water partition coefficient (Wildman–Crippen LogP) is 2.86. The Kier molecular flexibility index (Phi) is 8.05. The number of nitrogens with two attached hydrogens (primary N) is 1. The Morgan fingerprint density at radius 3 is 2.63 bits per heavy atom. The molecule has 3 N–H and O–H groups in total. The molecule has 1 aromatic carbocycles. The molecule has 1 atom stereocenters. The highest BCUT2D eigenvalue weighted by Gasteiger charge is 2.02. The van der Waals surface area contributed by atoms with Gasteiger partial charge in [-0.15, -0.1) is 0 Å². The zero-order valence-corrected chi connectivity index (χ0v) is 13.7. The minimum absolute atomic E-state index is 0.142. The van der Waals surface area contributed by atoms with Gasteiger partial charge in [-0.25, -0.2) is 0 Å². The van der Waals surface area contributed by atoms with E-state index in [4.69, 9.17) is 5.73 Å². The van der Waals surface area contributed by atoms with Gasteiger partial charge in [0.25, 0.3) is 0 Å². The van der Waals surface area contributed by atoms with Gasteiger partial charge in [-0.3, -0.25) is 4.79 Å². The van der Waals surface area contributed by atoms with Gasteiger partial charge in [0.15, 0.2) is 0 Å². The van der Waals surface area contributed by atoms with E-state index in [1.54, 1.807) is 0 Å². The lowest BCUT2D eigenvalue weighted by molar-refractivity contribution is -0.121. The smallest absolute Gasteiger partial charge is 0.219 e. The van der Waals surface area contributed by atoms with Crippen LogP contribution in [-0.2, 0) is 11.2 Å². The number of nitrogens with one attached hydrogen (secondary N) is 1. The first-order valence-electron chi connectivity index (χ1n) is 6.84. The van der Waals surface area contributed by atoms with E-state index in [9.17, 15) is 4.79 Å². The van der Waals surface area contributed by atoms with E-state index in [0.717, 1.165) is 25.7 Å². The van der Waals surface area contributed by atoms with E-state index in [1.165, 1.54) is 9.13 Å². The molecule has 0 aliphatic heterocycles. The van der Waals surface area contributed by atoms with E-state index < -0.39 is 0 Å². The van der Waals surface area contributed by atoms with Crippen molar-refractivity contribution in [2.24, 2.45) is 5.73 Å². The lowest BCUT2D eigenvalue weighted by Crippen LogP contribution is -2.28. The van der Waals surface area contributed by atoms with E-state index in [0.29, 0.717) is 13.0 Å². The molecule has 4 heteroatoms. The Morgan fingerprint density at radius 2 is 2.00 bits per heavy atom. The summed E-state index contributed by atoms with van der Waals surface area (Å²) in [6.07, 6.45) is 4.50. The third-order valence-corrected chi connectivity index (χ3v) is 3.67. The van der Waals surface area contributed by atoms with E-state index in [2.05, 4.69) is 52.2 Å². The second-order valence-corrected chi connectivity index (χ2v) is 6.20. The summed E-state index contributed by atoms with van der Waals surface area (Å²) in [7, 11) is 0. The summed E-state index contributed by atoms with van der Waals surface area (Å²) in [5.74, 6) is 0.142. The molecule has 1 unspecified atom stereocenters. The molecular formula is C15H23IN2O. The van der Waals surface area contributed by atoms with Crippen molar-refractivity contribution in [3.05, 3.63) is 33.4 Å². The normalized spacial score (nSPS) is 12.2. The maximum absolute atomic E-state index is 11.5. The third kappa shape index (κ3) is 8.21. The predicted molar refractivity (Wildman–Crippen MR) is 88.0 cm³/mol. The van der Waals surface area contributed by atoms with Crippen LogP contribution in [-0.4, -0.2) is 18.5 Å². The van der Waals surface area contributed by atoms with Crippen molar-refractivity contribution in [2.75, 3.05) is 6.54 Å². The summed E-state index contributed by atoms with van der Waals surface area (Å²) in [6.45, 7) is 2.64. The summed E-state index contributed by atoms with van der Waals surface area (Å²) in [6, 6.07) is 8.71. The number of benzene rings is 1. The third-order valence-electron chi connectivity index (χ3n) is 2.95. The number of unbranched alkanes of at least 4 members (excludes halogenated alkanes) is 1. The summed E-state index contributed by atoms with van der Waals surface area (Å²) in [5.41, 5.74) is 6.97. The monoisotopic (exact) mass is 374 g/mol. The molecule has 19 heavy (non-hydrogen) atoms. The zero-order chi connectivity index (χ0) is 14.1. The van der Waals surface area contributed by atoms with Crippen LogP contribution >= 0.6 is 22.6 Å². The first kappa shape index (κ1) is 16.4. The van der Waals surface area contributed by atoms with Gasteiger partial charge in [0.1, 0.15) is 0 Å². The van der Waals surface area contributed by atoms with Crippen LogP contribution in [0.1, 0.15) is 38.2 Å². The van der Waals surface area contributed by atoms with E-state index in [-0.39, 0.29) is 11.9 Å². The number of amides is 1. The van der Waals surface area contributed by atoms with Gasteiger partial charge < -0.3 is 11.1 Å². The number of halogens is 1. The SMILES string of the molecule is CC(N)CCNC(=O)CCCCc1ccc(I)cc1. The van der Waals surface area contributed by atoms with Crippen molar-refractivity contribution < 1.29 is 4.79 Å². The summed E-state index contributed by atoms with van der Waals surface area (Å²) < 4.78 is 1.26. The Morgan fingerprint density at radius 1 is 1.32 bits per heavy atom. The molecule has 0 heterocycles. The highest BCUT2D eigenvalue weighted by molar-refractivity contribution is 14.1. The molecule has 3 nitrogen and oxygen atoms in total. The van der Waals surface area contributed by atoms with Crippen LogP contribution in [0.5, 0.6) is 0 Å². The van der Waals surface area contributed by atoms with E-state index in [1.807, 2.05) is 6.92 Å². The minimum atomic E-state index is 0.142. The van der Waals surface area contributed by atoms with Crippen molar-refractivity contribution in [1.29, 1.82) is 0 Å². The number of hydrogen-bond acceptors (Lipinski definition) is 2. The fourth-order valence-electron chi connectivity index (χ4n) is 1.79. The molecule has 0 bridgehead atoms. The van der Waals surface area contributed by atoms with Crippen molar-refractivity contribution in [2.45, 2.75) is 45.1 Å². The lowest BCUT2D eigenvalue weighted by Gasteiger charge is -2.07. The van der Waals surface area contributed by atoms with Crippen LogP contribution in [0.2, 0.25) is 0 Å². The van der Waals surface area contributed by atoms with Crippen molar-refractivity contribution >= 4 is 28.5 Å². The second kappa shape index (κ2) is 9.31. The topological polar surface area (TPSA) is 55.1 Å². The first-order valence-corrected chi connectivity index (χ1v) is 7.92. The van der Waals surface area contributed by atoms with Crippen LogP contribution in [0.15, 0.2) is 24.3 Å². The van der Waals surface area contributed by atoms with Gasteiger partial charge in [0.2, 0.25) is 5.91 Å². The van der Waals surface area contributed by atoms with Crippen molar-refractivity contribution in [3.8, 4) is 0 Å². The standard InChI is InChI=1S/C15H23IN2O/c1-12(17)10-11-18-15(19)5-3-2-4-13-6-8-14(16)9-7-13/h6-9,12H,2-5,10-11,17H2,1H3,(H,18,19). The largest absolute Gasteiger partial charge is 0.356 e. The van der Waals surface area contributed by atoms with Crippen LogP contribution in [0.4, 0.5) is 0 Å². The van der Waals surface area contributed by atoms with Gasteiger partial charge in [0, 0.05) is 22.6 Å². The number of hydrogen-bond donors (Lipinski definition) is 2. The molecular weight excluding hydrogens is 351 g/mol. The number of aryl methyl sites for hydroxylation is 1. The Bertz CT molecular complexity index is 376. The molecule has 1 rings (SSSR count). The quantitative estimate of drug-likeness (QED) is 0.543. The Hall–Kier alpha value is -0.620. The van der Waals surface area contributed by atoms with Gasteiger partial charge in [-0.2, -0.15) is 0 Å². The molecule has 0 aliphatic carbocycles. The van der Waals surface area contributed by atoms with Gasteiger partial charge in [0.05, 0.1) is 0 Å². The van der Waals surface area contributed by atoms with Crippen LogP contribution in [0.3, 0.4) is 0 Å². The average Bonchev–Trinajstić information content (AvgIpc) is 2.36. The highest BCUT2D eigenvalue weighted by atomic mass is 127. The van der Waals surface area contributed by atoms with Crippen LogP contribution < -0.4 is 11.1 Å². The maximum atomic E-state index is 11.5. The molecule has 0 aromatic heterocycles. The van der Waals surface area contributed by atoms with Gasteiger partial charge in [-0.05, 0) is 72.9 Å². The fourth-order valence-corrected chi connectivity index (χ4v) is 2.15. The summed E-state index contributed by atoms with van der Waals surface area (Å²) in [4.78, 5) is 11.5. The van der Waals surface area contributed by atoms with Crippen molar-refractivity contribution in [3.63, 3.8) is 0 Å². The lowest BCUT2D eigenvalue weighted by atomic mass is 10.1. The number of rotatable bonds is 8. The molecule has 0 fully saturated rings. The molecule has 0 saturated heterocycles. The highest BCUT2D eigenvalue weighted by Crippen LogP contribution is 2.10. The maximum Gasteiger partial charge on any atom is 0.219 e. The second-order valence-electron chi connectivity index (χ2n) is 4.95. The zero-order valence-electron chi connectivity index (χ0n) is 11.5. The Labute approximate surface area is 129 Å². The summed E-state index contributed by atoms with van der Waals surface area (Å²) in [5, 5.41) is 2.90. The summed E-state index contributed by atoms with van der Waals surface area (Å²) >= 11 is 2.31. The molecule has 1 amide bonds. The first-order chi connectivity index (χ1) is 9.08. The van der Waals surface area contributed by atoms with Gasteiger partial charge in [-0.1, -0.05) is 12.1 Å². The average molecular weight is 374 g/mol. The number of carbonyl (C=O) groups is 1. The van der Waals surface area contributed by atoms with Crippen LogP contribution in [0.25, 0.3) is 0 Å². The molecule has 0 aliphatic rings.